The van der Waals surface area contributed by atoms with Gasteiger partial charge in [-0.1, -0.05) is 110 Å². The number of hydrogen-bond acceptors (Lipinski definition) is 0. The van der Waals surface area contributed by atoms with Crippen LogP contribution in [0, 0.1) is 0 Å². The highest BCUT2D eigenvalue weighted by molar-refractivity contribution is 5.58. The summed E-state index contributed by atoms with van der Waals surface area (Å²) < 4.78 is 0. The van der Waals surface area contributed by atoms with Crippen LogP contribution in [0.25, 0.3) is 0 Å². The molecule has 0 heterocycles. The molecule has 0 atom stereocenters. The maximum absolute atomic E-state index is 2.55. The standard InChI is InChI=1S/C26H46/c1-22(2,3)17-16-18(23(4,5)6)20(25(10,11)12)21(26(13,14)15)19(17)24(7,8)9/h16H,1-15H3. The second kappa shape index (κ2) is 6.39. The largest absolute Gasteiger partial charge is 0.0561 e. The first-order valence-electron chi connectivity index (χ1n) is 10.3. The molecule has 0 saturated carbocycles. The summed E-state index contributed by atoms with van der Waals surface area (Å²) >= 11 is 0. The van der Waals surface area contributed by atoms with Gasteiger partial charge in [0.25, 0.3) is 0 Å². The van der Waals surface area contributed by atoms with Crippen molar-refractivity contribution in [2.75, 3.05) is 0 Å². The van der Waals surface area contributed by atoms with Gasteiger partial charge in [0.2, 0.25) is 0 Å². The SMILES string of the molecule is CC(C)(C)c1cc(C(C)(C)C)c(C(C)(C)C)c(C(C)(C)C)c1C(C)(C)C. The van der Waals surface area contributed by atoms with Gasteiger partial charge in [-0.2, -0.15) is 0 Å². The van der Waals surface area contributed by atoms with E-state index < -0.39 is 0 Å². The number of benzene rings is 1. The summed E-state index contributed by atoms with van der Waals surface area (Å²) in [5.41, 5.74) is 8.33. The molecule has 26 heavy (non-hydrogen) atoms. The van der Waals surface area contributed by atoms with E-state index in [0.717, 1.165) is 0 Å². The van der Waals surface area contributed by atoms with Crippen LogP contribution in [-0.2, 0) is 27.1 Å². The molecule has 0 bridgehead atoms. The molecule has 0 aliphatic carbocycles. The third-order valence-electron chi connectivity index (χ3n) is 5.19. The molecular weight excluding hydrogens is 312 g/mol. The Morgan fingerprint density at radius 3 is 0.731 bits per heavy atom. The van der Waals surface area contributed by atoms with E-state index in [-0.39, 0.29) is 27.1 Å². The molecule has 0 amide bonds. The average molecular weight is 359 g/mol. The second-order valence-corrected chi connectivity index (χ2v) is 13.3. The quantitative estimate of drug-likeness (QED) is 0.438. The molecule has 0 fully saturated rings. The molecule has 1 rings (SSSR count). The second-order valence-electron chi connectivity index (χ2n) is 13.3. The summed E-state index contributed by atoms with van der Waals surface area (Å²) in [6.45, 7) is 35.7. The van der Waals surface area contributed by atoms with Gasteiger partial charge in [-0.25, -0.2) is 0 Å². The highest BCUT2D eigenvalue weighted by Gasteiger charge is 2.39. The van der Waals surface area contributed by atoms with E-state index in [2.05, 4.69) is 110 Å². The first kappa shape index (κ1) is 23.3. The normalized spacial score (nSPS) is 14.7. The Kier molecular flexibility index (Phi) is 5.71. The van der Waals surface area contributed by atoms with Crippen molar-refractivity contribution in [2.45, 2.75) is 131 Å². The molecule has 0 saturated heterocycles. The van der Waals surface area contributed by atoms with Crippen molar-refractivity contribution in [1.29, 1.82) is 0 Å². The number of rotatable bonds is 0. The maximum atomic E-state index is 2.55. The van der Waals surface area contributed by atoms with Crippen LogP contribution in [0.1, 0.15) is 132 Å². The maximum Gasteiger partial charge on any atom is -0.0126 e. The first-order valence-corrected chi connectivity index (χ1v) is 10.3. The van der Waals surface area contributed by atoms with Crippen molar-refractivity contribution in [3.8, 4) is 0 Å². The van der Waals surface area contributed by atoms with E-state index in [1.165, 1.54) is 11.1 Å². The van der Waals surface area contributed by atoms with E-state index >= 15 is 0 Å². The fraction of sp³-hybridized carbons (Fsp3) is 0.769. The molecule has 1 aromatic rings. The van der Waals surface area contributed by atoms with E-state index in [1.54, 1.807) is 16.7 Å². The third-order valence-corrected chi connectivity index (χ3v) is 5.19. The minimum Gasteiger partial charge on any atom is -0.0561 e. The predicted octanol–water partition coefficient (Wildman–Crippen LogP) is 8.17. The molecule has 0 radical (unpaired) electrons. The fourth-order valence-electron chi connectivity index (χ4n) is 4.17. The van der Waals surface area contributed by atoms with E-state index in [4.69, 9.17) is 0 Å². The number of hydrogen-bond donors (Lipinski definition) is 0. The van der Waals surface area contributed by atoms with Gasteiger partial charge in [0.15, 0.2) is 0 Å². The van der Waals surface area contributed by atoms with Crippen molar-refractivity contribution in [2.24, 2.45) is 0 Å². The molecular formula is C26H46. The van der Waals surface area contributed by atoms with Gasteiger partial charge in [-0.3, -0.25) is 0 Å². The van der Waals surface area contributed by atoms with Crippen LogP contribution in [0.3, 0.4) is 0 Å². The topological polar surface area (TPSA) is 0 Å². The Labute approximate surface area is 165 Å². The van der Waals surface area contributed by atoms with Crippen molar-refractivity contribution >= 4 is 0 Å². The molecule has 0 heteroatoms. The van der Waals surface area contributed by atoms with Crippen LogP contribution in [-0.4, -0.2) is 0 Å². The van der Waals surface area contributed by atoms with Crippen LogP contribution in [0.4, 0.5) is 0 Å². The Morgan fingerprint density at radius 1 is 0.346 bits per heavy atom. The monoisotopic (exact) mass is 358 g/mol. The van der Waals surface area contributed by atoms with E-state index in [9.17, 15) is 0 Å². The van der Waals surface area contributed by atoms with Crippen LogP contribution < -0.4 is 0 Å². The molecule has 0 N–H and O–H groups in total. The minimum atomic E-state index is 0.104. The Bertz CT molecular complexity index is 601. The van der Waals surface area contributed by atoms with Crippen molar-refractivity contribution in [3.05, 3.63) is 33.9 Å². The highest BCUT2D eigenvalue weighted by atomic mass is 14.4. The summed E-state index contributed by atoms with van der Waals surface area (Å²) in [5, 5.41) is 0. The van der Waals surface area contributed by atoms with Gasteiger partial charge in [0, 0.05) is 0 Å². The smallest absolute Gasteiger partial charge is 0.0126 e. The zero-order chi connectivity index (χ0) is 21.1. The fourth-order valence-corrected chi connectivity index (χ4v) is 4.17. The summed E-state index contributed by atoms with van der Waals surface area (Å²) in [7, 11) is 0. The van der Waals surface area contributed by atoms with E-state index in [0.29, 0.717) is 0 Å². The lowest BCUT2D eigenvalue weighted by Crippen LogP contribution is -2.35. The molecule has 150 valence electrons. The summed E-state index contributed by atoms with van der Waals surface area (Å²) in [4.78, 5) is 0. The van der Waals surface area contributed by atoms with E-state index in [1.807, 2.05) is 0 Å². The lowest BCUT2D eigenvalue weighted by molar-refractivity contribution is 0.460. The van der Waals surface area contributed by atoms with Gasteiger partial charge in [-0.15, -0.1) is 0 Å². The minimum absolute atomic E-state index is 0.104. The van der Waals surface area contributed by atoms with Crippen LogP contribution in [0.2, 0.25) is 0 Å². The summed E-state index contributed by atoms with van der Waals surface area (Å²) in [6.07, 6.45) is 0. The van der Waals surface area contributed by atoms with Gasteiger partial charge in [0.05, 0.1) is 0 Å². The summed E-state index contributed by atoms with van der Waals surface area (Å²) in [6, 6.07) is 2.55. The predicted molar refractivity (Wildman–Crippen MR) is 120 cm³/mol. The van der Waals surface area contributed by atoms with Gasteiger partial charge >= 0.3 is 0 Å². The van der Waals surface area contributed by atoms with Gasteiger partial charge < -0.3 is 0 Å². The lowest BCUT2D eigenvalue weighted by Gasteiger charge is -2.44. The van der Waals surface area contributed by atoms with Gasteiger partial charge in [-0.05, 0) is 54.9 Å². The van der Waals surface area contributed by atoms with Crippen LogP contribution in [0.5, 0.6) is 0 Å². The highest BCUT2D eigenvalue weighted by Crippen LogP contribution is 2.49. The Balaban J connectivity index is 4.41. The molecule has 0 unspecified atom stereocenters. The molecule has 1 aromatic carbocycles. The zero-order valence-electron chi connectivity index (χ0n) is 20.6. The van der Waals surface area contributed by atoms with Crippen molar-refractivity contribution in [1.82, 2.24) is 0 Å². The molecule has 0 aliphatic rings. The summed E-state index contributed by atoms with van der Waals surface area (Å²) in [5.74, 6) is 0. The van der Waals surface area contributed by atoms with Crippen LogP contribution >= 0.6 is 0 Å². The van der Waals surface area contributed by atoms with Gasteiger partial charge in [0.1, 0.15) is 0 Å². The third kappa shape index (κ3) is 4.73. The molecule has 0 nitrogen and oxygen atoms in total. The Hall–Kier alpha value is -0.780. The molecule has 0 spiro atoms. The van der Waals surface area contributed by atoms with Crippen molar-refractivity contribution in [3.63, 3.8) is 0 Å². The zero-order valence-corrected chi connectivity index (χ0v) is 20.6. The van der Waals surface area contributed by atoms with Crippen molar-refractivity contribution < 1.29 is 0 Å². The lowest BCUT2D eigenvalue weighted by atomic mass is 9.61. The van der Waals surface area contributed by atoms with Crippen LogP contribution in [0.15, 0.2) is 6.07 Å². The first-order chi connectivity index (χ1) is 11.1. The molecule has 0 aromatic heterocycles. The average Bonchev–Trinajstić information content (AvgIpc) is 2.30. The molecule has 0 aliphatic heterocycles. The Morgan fingerprint density at radius 2 is 0.577 bits per heavy atom.